The third-order valence-corrected chi connectivity index (χ3v) is 4.99. The molecule has 2 aromatic rings. The van der Waals surface area contributed by atoms with Gasteiger partial charge in [-0.1, -0.05) is 18.2 Å². The first kappa shape index (κ1) is 13.6. The lowest BCUT2D eigenvalue weighted by atomic mass is 10.1. The summed E-state index contributed by atoms with van der Waals surface area (Å²) in [5, 5.41) is 0. The Kier molecular flexibility index (Phi) is 3.13. The number of benzene rings is 2. The van der Waals surface area contributed by atoms with Crippen LogP contribution in [0.1, 0.15) is 5.56 Å². The molecule has 0 aromatic heterocycles. The van der Waals surface area contributed by atoms with Crippen LogP contribution in [0, 0.1) is 5.82 Å². The van der Waals surface area contributed by atoms with Gasteiger partial charge in [0, 0.05) is 11.3 Å². The van der Waals surface area contributed by atoms with Gasteiger partial charge in [-0.3, -0.25) is 4.31 Å². The van der Waals surface area contributed by atoms with Crippen molar-refractivity contribution in [2.24, 2.45) is 4.99 Å². The molecule has 2 aromatic carbocycles. The highest BCUT2D eigenvalue weighted by atomic mass is 32.2. The van der Waals surface area contributed by atoms with E-state index in [0.717, 1.165) is 4.31 Å². The van der Waals surface area contributed by atoms with E-state index in [1.165, 1.54) is 30.6 Å². The van der Waals surface area contributed by atoms with Crippen molar-refractivity contribution >= 4 is 27.7 Å². The summed E-state index contributed by atoms with van der Waals surface area (Å²) >= 11 is 0. The Morgan fingerprint density at radius 2 is 1.90 bits per heavy atom. The highest BCUT2D eigenvalue weighted by molar-refractivity contribution is 7.89. The zero-order chi connectivity index (χ0) is 15.0. The van der Waals surface area contributed by atoms with Gasteiger partial charge in [0.2, 0.25) is 0 Å². The van der Waals surface area contributed by atoms with Gasteiger partial charge in [-0.2, -0.15) is 0 Å². The van der Waals surface area contributed by atoms with E-state index >= 15 is 0 Å². The molecule has 0 fully saturated rings. The minimum Gasteiger partial charge on any atom is -0.398 e. The second kappa shape index (κ2) is 4.85. The van der Waals surface area contributed by atoms with Gasteiger partial charge in [0.05, 0.1) is 12.2 Å². The molecule has 1 aliphatic heterocycles. The fourth-order valence-electron chi connectivity index (χ4n) is 2.12. The highest BCUT2D eigenvalue weighted by Crippen LogP contribution is 2.31. The minimum absolute atomic E-state index is 0.0995. The lowest BCUT2D eigenvalue weighted by Gasteiger charge is -2.24. The summed E-state index contributed by atoms with van der Waals surface area (Å²) in [5.41, 5.74) is 6.42. The van der Waals surface area contributed by atoms with Crippen molar-refractivity contribution < 1.29 is 12.8 Å². The summed E-state index contributed by atoms with van der Waals surface area (Å²) in [5.74, 6) is -0.544. The predicted octanol–water partition coefficient (Wildman–Crippen LogP) is 2.27. The first-order valence-electron chi connectivity index (χ1n) is 6.18. The molecule has 0 saturated carbocycles. The van der Waals surface area contributed by atoms with Gasteiger partial charge in [-0.15, -0.1) is 0 Å². The van der Waals surface area contributed by atoms with E-state index in [9.17, 15) is 12.8 Å². The number of nitrogen functional groups attached to an aromatic ring is 1. The molecule has 0 saturated heterocycles. The molecule has 0 aliphatic carbocycles. The van der Waals surface area contributed by atoms with E-state index in [2.05, 4.69) is 4.99 Å². The van der Waals surface area contributed by atoms with E-state index in [1.54, 1.807) is 18.2 Å². The van der Waals surface area contributed by atoms with Crippen LogP contribution in [0.2, 0.25) is 0 Å². The number of hydrogen-bond acceptors (Lipinski definition) is 4. The van der Waals surface area contributed by atoms with E-state index in [0.29, 0.717) is 5.69 Å². The van der Waals surface area contributed by atoms with Crippen LogP contribution in [0.5, 0.6) is 0 Å². The molecule has 0 bridgehead atoms. The molecular weight excluding hydrogens is 293 g/mol. The van der Waals surface area contributed by atoms with Gasteiger partial charge in [0.25, 0.3) is 10.0 Å². The van der Waals surface area contributed by atoms with Gasteiger partial charge in [0.15, 0.2) is 0 Å². The van der Waals surface area contributed by atoms with Crippen molar-refractivity contribution in [3.63, 3.8) is 0 Å². The lowest BCUT2D eigenvalue weighted by Crippen LogP contribution is -2.32. The molecular formula is C14H12FN3O2S. The normalized spacial score (nSPS) is 15.8. The number of aliphatic imine (C=N–C) groups is 1. The Balaban J connectivity index is 2.03. The molecule has 0 unspecified atom stereocenters. The Morgan fingerprint density at radius 1 is 1.14 bits per heavy atom. The summed E-state index contributed by atoms with van der Waals surface area (Å²) in [6.45, 7) is -0.196. The van der Waals surface area contributed by atoms with E-state index in [1.807, 2.05) is 0 Å². The zero-order valence-electron chi connectivity index (χ0n) is 10.9. The van der Waals surface area contributed by atoms with Crippen molar-refractivity contribution in [2.45, 2.75) is 11.4 Å². The monoisotopic (exact) mass is 305 g/mol. The maximum atomic E-state index is 13.8. The second-order valence-electron chi connectivity index (χ2n) is 4.57. The standard InChI is InChI=1S/C14H12FN3O2S/c15-11-4-3-5-12(16)10(11)8-18-9-17-13-6-1-2-7-14(13)21(18,19)20/h1-7,9H,8,16H2. The smallest absolute Gasteiger partial charge is 0.267 e. The molecule has 3 rings (SSSR count). The van der Waals surface area contributed by atoms with Crippen LogP contribution < -0.4 is 5.73 Å². The fraction of sp³-hybridized carbons (Fsp3) is 0.0714. The van der Waals surface area contributed by atoms with Crippen LogP contribution in [0.25, 0.3) is 0 Å². The molecule has 1 heterocycles. The third kappa shape index (κ3) is 2.25. The summed E-state index contributed by atoms with van der Waals surface area (Å²) < 4.78 is 39.8. The molecule has 0 amide bonds. The number of hydrogen-bond donors (Lipinski definition) is 1. The zero-order valence-corrected chi connectivity index (χ0v) is 11.7. The lowest BCUT2D eigenvalue weighted by molar-refractivity contribution is 0.511. The first-order chi connectivity index (χ1) is 10.00. The number of nitrogens with two attached hydrogens (primary N) is 1. The van der Waals surface area contributed by atoms with Crippen molar-refractivity contribution in [1.29, 1.82) is 0 Å². The number of rotatable bonds is 2. The Bertz CT molecular complexity index is 814. The van der Waals surface area contributed by atoms with Gasteiger partial charge < -0.3 is 5.73 Å². The number of anilines is 1. The van der Waals surface area contributed by atoms with Crippen molar-refractivity contribution in [3.05, 3.63) is 53.8 Å². The summed E-state index contributed by atoms with van der Waals surface area (Å²) in [6.07, 6.45) is 1.18. The highest BCUT2D eigenvalue weighted by Gasteiger charge is 2.29. The molecule has 0 radical (unpaired) electrons. The Morgan fingerprint density at radius 3 is 2.67 bits per heavy atom. The van der Waals surface area contributed by atoms with E-state index < -0.39 is 15.8 Å². The van der Waals surface area contributed by atoms with E-state index in [4.69, 9.17) is 5.73 Å². The topological polar surface area (TPSA) is 75.8 Å². The van der Waals surface area contributed by atoms with Gasteiger partial charge in [-0.05, 0) is 24.3 Å². The molecule has 5 nitrogen and oxygen atoms in total. The summed E-state index contributed by atoms with van der Waals surface area (Å²) in [4.78, 5) is 4.18. The van der Waals surface area contributed by atoms with Crippen LogP contribution in [-0.4, -0.2) is 19.1 Å². The number of para-hydroxylation sites is 1. The predicted molar refractivity (Wildman–Crippen MR) is 78.1 cm³/mol. The summed E-state index contributed by atoms with van der Waals surface area (Å²) in [6, 6.07) is 10.6. The van der Waals surface area contributed by atoms with Crippen LogP contribution in [-0.2, 0) is 16.6 Å². The quantitative estimate of drug-likeness (QED) is 0.865. The Labute approximate surface area is 121 Å². The molecule has 1 aliphatic rings. The number of sulfonamides is 1. The molecule has 21 heavy (non-hydrogen) atoms. The maximum Gasteiger partial charge on any atom is 0.267 e. The van der Waals surface area contributed by atoms with Gasteiger partial charge >= 0.3 is 0 Å². The van der Waals surface area contributed by atoms with E-state index in [-0.39, 0.29) is 22.7 Å². The van der Waals surface area contributed by atoms with Crippen LogP contribution in [0.4, 0.5) is 15.8 Å². The van der Waals surface area contributed by atoms with Crippen molar-refractivity contribution in [3.8, 4) is 0 Å². The van der Waals surface area contributed by atoms with Gasteiger partial charge in [-0.25, -0.2) is 17.8 Å². The average molecular weight is 305 g/mol. The first-order valence-corrected chi connectivity index (χ1v) is 7.62. The average Bonchev–Trinajstić information content (AvgIpc) is 2.45. The number of fused-ring (bicyclic) bond motifs is 1. The minimum atomic E-state index is -3.75. The van der Waals surface area contributed by atoms with Crippen molar-refractivity contribution in [1.82, 2.24) is 4.31 Å². The second-order valence-corrected chi connectivity index (χ2v) is 6.43. The summed E-state index contributed by atoms with van der Waals surface area (Å²) in [7, 11) is -3.75. The fourth-order valence-corrected chi connectivity index (χ4v) is 3.48. The van der Waals surface area contributed by atoms with Crippen LogP contribution in [0.15, 0.2) is 52.4 Å². The maximum absolute atomic E-state index is 13.8. The Hall–Kier alpha value is -2.41. The molecule has 0 atom stereocenters. The largest absolute Gasteiger partial charge is 0.398 e. The van der Waals surface area contributed by atoms with Crippen LogP contribution in [0.3, 0.4) is 0 Å². The molecule has 2 N–H and O–H groups in total. The number of nitrogens with zero attached hydrogens (tertiary/aromatic N) is 2. The molecule has 108 valence electrons. The molecule has 7 heteroatoms. The van der Waals surface area contributed by atoms with Crippen molar-refractivity contribution in [2.75, 3.05) is 5.73 Å². The molecule has 0 spiro atoms. The number of halogens is 1. The third-order valence-electron chi connectivity index (χ3n) is 3.25. The van der Waals surface area contributed by atoms with Crippen LogP contribution >= 0.6 is 0 Å². The SMILES string of the molecule is Nc1cccc(F)c1CN1C=Nc2ccccc2S1(=O)=O. The van der Waals surface area contributed by atoms with Gasteiger partial charge in [0.1, 0.15) is 17.1 Å².